The monoisotopic (exact) mass is 570 g/mol. The molecule has 0 fully saturated rings. The van der Waals surface area contributed by atoms with E-state index >= 15 is 0 Å². The zero-order valence-electron chi connectivity index (χ0n) is 21.4. The molecule has 0 spiro atoms. The zero-order valence-corrected chi connectivity index (χ0v) is 22.9. The number of methoxy groups -OCH3 is 1. The molecule has 4 aromatic carbocycles. The highest BCUT2D eigenvalue weighted by atomic mass is 35.5. The van der Waals surface area contributed by atoms with Crippen molar-refractivity contribution in [3.8, 4) is 5.75 Å². The molecule has 0 aliphatic rings. The Bertz CT molecular complexity index is 1600. The normalized spacial score (nSPS) is 11.2. The van der Waals surface area contributed by atoms with Crippen LogP contribution in [0.25, 0.3) is 12.2 Å². The quantitative estimate of drug-likeness (QED) is 0.163. The highest BCUT2D eigenvalue weighted by Gasteiger charge is 2.16. The zero-order chi connectivity index (χ0) is 28.5. The van der Waals surface area contributed by atoms with Crippen LogP contribution in [0.3, 0.4) is 0 Å². The highest BCUT2D eigenvalue weighted by molar-refractivity contribution is 6.43. The van der Waals surface area contributed by atoms with E-state index in [1.54, 1.807) is 86.0 Å². The van der Waals surface area contributed by atoms with E-state index in [0.29, 0.717) is 33.1 Å². The number of amides is 2. The van der Waals surface area contributed by atoms with Gasteiger partial charge in [0.1, 0.15) is 11.4 Å². The number of carbonyl (C=O) groups is 3. The molecule has 0 aliphatic heterocycles. The van der Waals surface area contributed by atoms with Crippen molar-refractivity contribution in [2.24, 2.45) is 0 Å². The molecule has 2 amide bonds. The highest BCUT2D eigenvalue weighted by Crippen LogP contribution is 2.27. The molecule has 6 nitrogen and oxygen atoms in total. The maximum Gasteiger partial charge on any atom is 0.272 e. The average Bonchev–Trinajstić information content (AvgIpc) is 2.98. The van der Waals surface area contributed by atoms with Crippen LogP contribution in [0.2, 0.25) is 10.0 Å². The Kier molecular flexibility index (Phi) is 9.52. The minimum absolute atomic E-state index is 0.0422. The molecule has 0 radical (unpaired) electrons. The third kappa shape index (κ3) is 7.47. The molecule has 200 valence electrons. The average molecular weight is 571 g/mol. The lowest BCUT2D eigenvalue weighted by Crippen LogP contribution is -2.30. The minimum atomic E-state index is -0.586. The van der Waals surface area contributed by atoms with Gasteiger partial charge in [-0.1, -0.05) is 71.7 Å². The van der Waals surface area contributed by atoms with Crippen LogP contribution in [0.5, 0.6) is 5.75 Å². The van der Waals surface area contributed by atoms with Crippen molar-refractivity contribution in [2.45, 2.75) is 0 Å². The maximum atomic E-state index is 13.3. The van der Waals surface area contributed by atoms with Crippen molar-refractivity contribution < 1.29 is 19.1 Å². The van der Waals surface area contributed by atoms with Gasteiger partial charge in [-0.05, 0) is 77.9 Å². The first kappa shape index (κ1) is 28.4. The summed E-state index contributed by atoms with van der Waals surface area (Å²) in [5.74, 6) is -0.561. The fourth-order valence-corrected chi connectivity index (χ4v) is 4.02. The number of ketones is 1. The number of anilines is 1. The number of allylic oxidation sites excluding steroid dienone is 1. The Morgan fingerprint density at radius 1 is 0.800 bits per heavy atom. The summed E-state index contributed by atoms with van der Waals surface area (Å²) in [4.78, 5) is 38.7. The predicted octanol–water partition coefficient (Wildman–Crippen LogP) is 7.31. The third-order valence-corrected chi connectivity index (χ3v) is 6.59. The first-order valence-corrected chi connectivity index (χ1v) is 12.9. The van der Waals surface area contributed by atoms with Gasteiger partial charge in [0.15, 0.2) is 5.78 Å². The van der Waals surface area contributed by atoms with Crippen molar-refractivity contribution in [1.29, 1.82) is 0 Å². The van der Waals surface area contributed by atoms with Crippen LogP contribution in [-0.2, 0) is 4.79 Å². The third-order valence-electron chi connectivity index (χ3n) is 5.76. The van der Waals surface area contributed by atoms with Crippen LogP contribution in [0.4, 0.5) is 5.69 Å². The Morgan fingerprint density at radius 2 is 1.52 bits per heavy atom. The lowest BCUT2D eigenvalue weighted by Gasteiger charge is -2.12. The topological polar surface area (TPSA) is 84.5 Å². The number of hydrogen-bond acceptors (Lipinski definition) is 4. The molecule has 2 N–H and O–H groups in total. The van der Waals surface area contributed by atoms with Gasteiger partial charge in [-0.15, -0.1) is 0 Å². The number of nitrogens with one attached hydrogen (secondary N) is 2. The van der Waals surface area contributed by atoms with E-state index in [4.69, 9.17) is 27.9 Å². The summed E-state index contributed by atoms with van der Waals surface area (Å²) < 4.78 is 5.20. The Hall–Kier alpha value is -4.65. The van der Waals surface area contributed by atoms with Crippen molar-refractivity contribution >= 4 is 58.6 Å². The van der Waals surface area contributed by atoms with Crippen molar-refractivity contribution in [3.05, 3.63) is 141 Å². The summed E-state index contributed by atoms with van der Waals surface area (Å²) >= 11 is 12.5. The number of rotatable bonds is 9. The molecule has 40 heavy (non-hydrogen) atoms. The molecule has 4 rings (SSSR count). The maximum absolute atomic E-state index is 13.3. The van der Waals surface area contributed by atoms with Gasteiger partial charge in [-0.25, -0.2) is 0 Å². The van der Waals surface area contributed by atoms with Crippen molar-refractivity contribution in [3.63, 3.8) is 0 Å². The molecule has 0 saturated heterocycles. The predicted molar refractivity (Wildman–Crippen MR) is 160 cm³/mol. The van der Waals surface area contributed by atoms with E-state index in [0.717, 1.165) is 5.56 Å². The molecular formula is C32H24Cl2N2O4. The summed E-state index contributed by atoms with van der Waals surface area (Å²) in [7, 11) is 1.58. The Morgan fingerprint density at radius 3 is 2.25 bits per heavy atom. The van der Waals surface area contributed by atoms with E-state index in [1.165, 1.54) is 12.2 Å². The first-order valence-electron chi connectivity index (χ1n) is 12.1. The summed E-state index contributed by atoms with van der Waals surface area (Å²) in [6, 6.07) is 27.3. The molecule has 0 saturated carbocycles. The standard InChI is InChI=1S/C32H24Cl2N2O4/c1-40-26-11-5-7-21(19-26)13-18-29(37)22-14-16-25(17-15-22)35-32(39)28(20-24-10-6-12-27(33)30(24)34)36-31(38)23-8-3-2-4-9-23/h2-20H,1H3,(H,35,39)(H,36,38)/b18-13+,28-20-. The summed E-state index contributed by atoms with van der Waals surface area (Å²) in [6.45, 7) is 0. The number of carbonyl (C=O) groups excluding carboxylic acids is 3. The Balaban J connectivity index is 1.51. The lowest BCUT2D eigenvalue weighted by molar-refractivity contribution is -0.113. The number of hydrogen-bond donors (Lipinski definition) is 2. The molecule has 0 atom stereocenters. The SMILES string of the molecule is COc1cccc(/C=C/C(=O)c2ccc(NC(=O)/C(=C/c3cccc(Cl)c3Cl)NC(=O)c3ccccc3)cc2)c1. The van der Waals surface area contributed by atoms with Gasteiger partial charge in [0.05, 0.1) is 17.2 Å². The molecule has 0 aromatic heterocycles. The van der Waals surface area contributed by atoms with E-state index in [1.807, 2.05) is 24.3 Å². The smallest absolute Gasteiger partial charge is 0.272 e. The van der Waals surface area contributed by atoms with Gasteiger partial charge in [0.2, 0.25) is 0 Å². The molecule has 0 heterocycles. The van der Waals surface area contributed by atoms with Crippen molar-refractivity contribution in [1.82, 2.24) is 5.32 Å². The minimum Gasteiger partial charge on any atom is -0.497 e. The van der Waals surface area contributed by atoms with Gasteiger partial charge < -0.3 is 15.4 Å². The second-order valence-electron chi connectivity index (χ2n) is 8.53. The van der Waals surface area contributed by atoms with Crippen LogP contribution in [0.15, 0.2) is 109 Å². The van der Waals surface area contributed by atoms with E-state index in [-0.39, 0.29) is 16.5 Å². The Labute approximate surface area is 241 Å². The number of ether oxygens (including phenoxy) is 1. The van der Waals surface area contributed by atoms with Crippen LogP contribution in [0.1, 0.15) is 31.8 Å². The van der Waals surface area contributed by atoms with Crippen LogP contribution in [0, 0.1) is 0 Å². The second kappa shape index (κ2) is 13.4. The van der Waals surface area contributed by atoms with E-state index in [2.05, 4.69) is 10.6 Å². The number of benzene rings is 4. The van der Waals surface area contributed by atoms with Gasteiger partial charge >= 0.3 is 0 Å². The van der Waals surface area contributed by atoms with E-state index < -0.39 is 11.8 Å². The van der Waals surface area contributed by atoms with Crippen LogP contribution in [-0.4, -0.2) is 24.7 Å². The number of halogens is 2. The van der Waals surface area contributed by atoms with Gasteiger partial charge in [0.25, 0.3) is 11.8 Å². The molecule has 0 unspecified atom stereocenters. The summed E-state index contributed by atoms with van der Waals surface area (Å²) in [5.41, 5.74) is 2.48. The fraction of sp³-hybridized carbons (Fsp3) is 0.0312. The lowest BCUT2D eigenvalue weighted by atomic mass is 10.1. The molecule has 4 aromatic rings. The molecule has 8 heteroatoms. The van der Waals surface area contributed by atoms with Gasteiger partial charge in [0, 0.05) is 16.8 Å². The van der Waals surface area contributed by atoms with Crippen LogP contribution < -0.4 is 15.4 Å². The molecule has 0 aliphatic carbocycles. The second-order valence-corrected chi connectivity index (χ2v) is 9.31. The summed E-state index contributed by atoms with van der Waals surface area (Å²) in [6.07, 6.45) is 4.62. The van der Waals surface area contributed by atoms with Crippen LogP contribution >= 0.6 is 23.2 Å². The first-order chi connectivity index (χ1) is 19.3. The molecule has 0 bridgehead atoms. The summed E-state index contributed by atoms with van der Waals surface area (Å²) in [5, 5.41) is 5.96. The van der Waals surface area contributed by atoms with E-state index in [9.17, 15) is 14.4 Å². The van der Waals surface area contributed by atoms with Gasteiger partial charge in [-0.3, -0.25) is 14.4 Å². The van der Waals surface area contributed by atoms with Crippen molar-refractivity contribution in [2.75, 3.05) is 12.4 Å². The van der Waals surface area contributed by atoms with Gasteiger partial charge in [-0.2, -0.15) is 0 Å². The fourth-order valence-electron chi connectivity index (χ4n) is 3.66. The largest absolute Gasteiger partial charge is 0.497 e. The molecular weight excluding hydrogens is 547 g/mol.